The average Bonchev–Trinajstić information content (AvgIpc) is 3.38. The summed E-state index contributed by atoms with van der Waals surface area (Å²) in [5.41, 5.74) is -7.48. The van der Waals surface area contributed by atoms with E-state index in [1.165, 1.54) is 0 Å². The molecule has 75 heavy (non-hydrogen) atoms. The number of aliphatic hydroxyl groups is 12. The SMILES string of the molecule is O=C([O-])CN(CCN(CC(=O)[O-])CC(=O)N(CCC(=O)NC(CO)(CO)CO)CCC(=O)NC(CO)(CO)CO)CCN(CC(=O)[O-])CC(=O)N(CCC(=O)NC(CO)(CO)CO)CCC(=O)NC(CO)(CO)CO. The van der Waals surface area contributed by atoms with Gasteiger partial charge in [-0.05, 0) is 0 Å². The van der Waals surface area contributed by atoms with Gasteiger partial charge in [-0.15, -0.1) is 0 Å². The van der Waals surface area contributed by atoms with Crippen LogP contribution in [0.5, 0.6) is 0 Å². The van der Waals surface area contributed by atoms with E-state index in [1.807, 2.05) is 0 Å². The van der Waals surface area contributed by atoms with Crippen LogP contribution in [0.25, 0.3) is 0 Å². The number of carboxylic acid groups (broad SMARTS) is 3. The second kappa shape index (κ2) is 35.8. The number of hydrogen-bond acceptors (Lipinski definition) is 27. The quantitative estimate of drug-likeness (QED) is 0.0269. The molecule has 0 heterocycles. The Morgan fingerprint density at radius 2 is 0.480 bits per heavy atom. The molecule has 0 aromatic heterocycles. The minimum absolute atomic E-state index is 0.409. The van der Waals surface area contributed by atoms with E-state index in [1.54, 1.807) is 0 Å². The minimum Gasteiger partial charge on any atom is -0.549 e. The first kappa shape index (κ1) is 69.6. The lowest BCUT2D eigenvalue weighted by Gasteiger charge is -2.33. The third kappa shape index (κ3) is 25.8. The molecule has 0 aliphatic heterocycles. The molecule has 33 heteroatoms. The second-order valence-electron chi connectivity index (χ2n) is 17.8. The summed E-state index contributed by atoms with van der Waals surface area (Å²) in [6, 6.07) is 0. The van der Waals surface area contributed by atoms with E-state index in [9.17, 15) is 120 Å². The summed E-state index contributed by atoms with van der Waals surface area (Å²) in [6.45, 7) is -19.1. The summed E-state index contributed by atoms with van der Waals surface area (Å²) in [7, 11) is 0. The van der Waals surface area contributed by atoms with E-state index in [4.69, 9.17) is 0 Å². The number of aliphatic carboxylic acids is 3. The van der Waals surface area contributed by atoms with Crippen molar-refractivity contribution in [1.82, 2.24) is 45.8 Å². The van der Waals surface area contributed by atoms with Gasteiger partial charge in [-0.1, -0.05) is 0 Å². The molecule has 0 aliphatic carbocycles. The zero-order chi connectivity index (χ0) is 57.4. The summed E-state index contributed by atoms with van der Waals surface area (Å²) in [5.74, 6) is -10.7. The predicted octanol–water partition coefficient (Wildman–Crippen LogP) is -16.3. The summed E-state index contributed by atoms with van der Waals surface area (Å²) >= 11 is 0. The molecular weight excluding hydrogens is 1010 g/mol. The third-order valence-electron chi connectivity index (χ3n) is 11.6. The number of nitrogens with one attached hydrogen (secondary N) is 4. The van der Waals surface area contributed by atoms with Crippen LogP contribution in [0.1, 0.15) is 25.7 Å². The Morgan fingerprint density at radius 1 is 0.293 bits per heavy atom. The lowest BCUT2D eigenvalue weighted by atomic mass is 10.0. The van der Waals surface area contributed by atoms with Gasteiger partial charge in [0, 0.05) is 97.7 Å². The van der Waals surface area contributed by atoms with Gasteiger partial charge in [0.15, 0.2) is 0 Å². The van der Waals surface area contributed by atoms with Crippen LogP contribution in [-0.2, 0) is 43.2 Å². The fourth-order valence-electron chi connectivity index (χ4n) is 6.57. The van der Waals surface area contributed by atoms with E-state index >= 15 is 0 Å². The molecule has 0 radical (unpaired) electrons. The van der Waals surface area contributed by atoms with E-state index in [-0.39, 0.29) is 0 Å². The lowest BCUT2D eigenvalue weighted by molar-refractivity contribution is -0.308. The van der Waals surface area contributed by atoms with Gasteiger partial charge in [0.05, 0.1) is 110 Å². The summed E-state index contributed by atoms with van der Waals surface area (Å²) in [5, 5.41) is 160. The molecule has 0 aliphatic rings. The number of aliphatic hydroxyl groups excluding tert-OH is 12. The number of hydrogen-bond donors (Lipinski definition) is 16. The molecule has 0 fully saturated rings. The maximum Gasteiger partial charge on any atom is 0.236 e. The fraction of sp³-hybridized carbons (Fsp3) is 0.786. The fourth-order valence-corrected chi connectivity index (χ4v) is 6.57. The molecule has 0 saturated carbocycles. The second-order valence-corrected chi connectivity index (χ2v) is 17.8. The van der Waals surface area contributed by atoms with E-state index in [2.05, 4.69) is 21.3 Å². The molecule has 6 amide bonds. The lowest BCUT2D eigenvalue weighted by Crippen LogP contribution is -2.58. The number of carbonyl (C=O) groups is 9. The highest BCUT2D eigenvalue weighted by Gasteiger charge is 2.34. The van der Waals surface area contributed by atoms with Crippen molar-refractivity contribution in [2.24, 2.45) is 0 Å². The zero-order valence-electron chi connectivity index (χ0n) is 41.5. The van der Waals surface area contributed by atoms with Crippen molar-refractivity contribution in [3.05, 3.63) is 0 Å². The maximum absolute atomic E-state index is 13.8. The molecule has 0 aromatic rings. The summed E-state index contributed by atoms with van der Waals surface area (Å²) < 4.78 is 0. The topological polar surface area (TPSA) is 530 Å². The van der Waals surface area contributed by atoms with Crippen LogP contribution in [0, 0.1) is 0 Å². The number of carbonyl (C=O) groups excluding carboxylic acids is 9. The molecule has 0 rings (SSSR count). The van der Waals surface area contributed by atoms with Crippen molar-refractivity contribution in [2.45, 2.75) is 47.8 Å². The Labute approximate surface area is 430 Å². The van der Waals surface area contributed by atoms with Gasteiger partial charge in [-0.25, -0.2) is 0 Å². The summed E-state index contributed by atoms with van der Waals surface area (Å²) in [6.07, 6.45) is -2.34. The van der Waals surface area contributed by atoms with Gasteiger partial charge in [-0.3, -0.25) is 43.5 Å². The molecule has 434 valence electrons. The Hall–Kier alpha value is -5.37. The molecule has 16 N–H and O–H groups in total. The van der Waals surface area contributed by atoms with Crippen LogP contribution in [0.2, 0.25) is 0 Å². The highest BCUT2D eigenvalue weighted by Crippen LogP contribution is 2.09. The normalized spacial score (nSPS) is 12.1. The number of rotatable bonds is 44. The van der Waals surface area contributed by atoms with Crippen LogP contribution in [0.4, 0.5) is 0 Å². The van der Waals surface area contributed by atoms with Gasteiger partial charge in [0.25, 0.3) is 0 Å². The third-order valence-corrected chi connectivity index (χ3v) is 11.6. The van der Waals surface area contributed by atoms with Crippen LogP contribution in [0.15, 0.2) is 0 Å². The van der Waals surface area contributed by atoms with Crippen molar-refractivity contribution in [2.75, 3.05) is 164 Å². The molecule has 0 unspecified atom stereocenters. The first-order valence-corrected chi connectivity index (χ1v) is 23.2. The van der Waals surface area contributed by atoms with Gasteiger partial charge >= 0.3 is 0 Å². The van der Waals surface area contributed by atoms with Crippen molar-refractivity contribution in [1.29, 1.82) is 0 Å². The average molecular weight is 1090 g/mol. The first-order chi connectivity index (χ1) is 35.4. The Morgan fingerprint density at radius 3 is 0.667 bits per heavy atom. The Balaban J connectivity index is 6.56. The van der Waals surface area contributed by atoms with Gasteiger partial charge in [-0.2, -0.15) is 0 Å². The number of amides is 6. The molecule has 0 saturated heterocycles. The molecule has 33 nitrogen and oxygen atoms in total. The molecule has 0 bridgehead atoms. The monoisotopic (exact) mass is 1090 g/mol. The van der Waals surface area contributed by atoms with Gasteiger partial charge < -0.3 is 122 Å². The maximum atomic E-state index is 13.8. The largest absolute Gasteiger partial charge is 0.549 e. The first-order valence-electron chi connectivity index (χ1n) is 23.2. The van der Waals surface area contributed by atoms with Crippen molar-refractivity contribution < 1.29 is 120 Å². The van der Waals surface area contributed by atoms with Crippen molar-refractivity contribution in [3.63, 3.8) is 0 Å². The van der Waals surface area contributed by atoms with Crippen LogP contribution < -0.4 is 36.6 Å². The summed E-state index contributed by atoms with van der Waals surface area (Å²) in [4.78, 5) is 119. The van der Waals surface area contributed by atoms with E-state index in [0.29, 0.717) is 0 Å². The molecule has 0 atom stereocenters. The number of nitrogens with zero attached hydrogens (tertiary/aromatic N) is 5. The van der Waals surface area contributed by atoms with Gasteiger partial charge in [0.2, 0.25) is 35.4 Å². The molecular formula is C42H74N9O24-3. The number of carboxylic acids is 3. The van der Waals surface area contributed by atoms with E-state index in [0.717, 1.165) is 24.5 Å². The predicted molar refractivity (Wildman–Crippen MR) is 244 cm³/mol. The van der Waals surface area contributed by atoms with Crippen LogP contribution >= 0.6 is 0 Å². The van der Waals surface area contributed by atoms with Crippen molar-refractivity contribution >= 4 is 53.4 Å². The zero-order valence-corrected chi connectivity index (χ0v) is 41.5. The van der Waals surface area contributed by atoms with Crippen LogP contribution in [-0.4, -0.2) is 326 Å². The Bertz CT molecular complexity index is 1570. The smallest absolute Gasteiger partial charge is 0.236 e. The molecule has 0 spiro atoms. The van der Waals surface area contributed by atoms with Crippen molar-refractivity contribution in [3.8, 4) is 0 Å². The van der Waals surface area contributed by atoms with E-state index < -0.39 is 266 Å². The standard InChI is InChI=1S/C42H77N9O24/c52-18-39(19-53,20-54)43-30(64)1-5-50(6-2-31(65)44-40(21-55,22-56)23-57)34(68)13-48(16-37(72)73)11-9-47(15-36(70)71)10-12-49(17-38(74)75)14-35(69)51(7-3-32(66)45-41(24-58,25-59)26-60)8-4-33(67)46-42(27-61,28-62)29-63/h52-63H,1-29H2,(H,43,64)(H,44,65)(H,45,66)(H,46,67)(H,70,71)(H,72,73)(H,74,75)/p-3. The molecule has 0 aromatic carbocycles. The van der Waals surface area contributed by atoms with Gasteiger partial charge in [0.1, 0.15) is 22.2 Å². The minimum atomic E-state index is -1.87. The highest BCUT2D eigenvalue weighted by molar-refractivity contribution is 5.84. The van der Waals surface area contributed by atoms with Crippen LogP contribution in [0.3, 0.4) is 0 Å². The highest BCUT2D eigenvalue weighted by atomic mass is 16.4. The Kier molecular flexibility index (Phi) is 33.2.